The second-order valence-electron chi connectivity index (χ2n) is 6.53. The molecule has 0 spiro atoms. The van der Waals surface area contributed by atoms with Crippen molar-refractivity contribution < 1.29 is 9.53 Å². The molecule has 2 aliphatic heterocycles. The number of hydrogen-bond acceptors (Lipinski definition) is 6. The first kappa shape index (κ1) is 17.1. The molecule has 2 N–H and O–H groups in total. The maximum atomic E-state index is 11.9. The summed E-state index contributed by atoms with van der Waals surface area (Å²) in [6.45, 7) is 4.38. The van der Waals surface area contributed by atoms with E-state index in [1.165, 1.54) is 28.0 Å². The zero-order valence-corrected chi connectivity index (χ0v) is 15.3. The Morgan fingerprint density at radius 3 is 2.77 bits per heavy atom. The molecular weight excluding hydrogens is 348 g/mol. The summed E-state index contributed by atoms with van der Waals surface area (Å²) in [5.74, 6) is 0. The minimum Gasteiger partial charge on any atom is -0.397 e. The molecule has 7 heteroatoms. The number of nitrogens with one attached hydrogen (secondary N) is 2. The molecule has 26 heavy (non-hydrogen) atoms. The summed E-state index contributed by atoms with van der Waals surface area (Å²) in [6.07, 6.45) is 3.03. The van der Waals surface area contributed by atoms with Gasteiger partial charge in [0.2, 0.25) is 5.06 Å². The maximum absolute atomic E-state index is 11.9. The molecule has 1 aromatic carbocycles. The van der Waals surface area contributed by atoms with Gasteiger partial charge in [0.05, 0.1) is 6.20 Å². The molecule has 1 aromatic heterocycles. The van der Waals surface area contributed by atoms with Crippen LogP contribution in [-0.2, 0) is 6.42 Å². The first-order chi connectivity index (χ1) is 12.8. The molecular formula is C19H22N4O2S. The van der Waals surface area contributed by atoms with Crippen molar-refractivity contribution in [2.75, 3.05) is 37.6 Å². The molecule has 0 saturated carbocycles. The Balaban J connectivity index is 1.20. The van der Waals surface area contributed by atoms with Gasteiger partial charge in [-0.1, -0.05) is 41.7 Å². The number of aromatic nitrogens is 1. The van der Waals surface area contributed by atoms with Crippen LogP contribution < -0.4 is 20.3 Å². The highest BCUT2D eigenvalue weighted by Gasteiger charge is 2.27. The van der Waals surface area contributed by atoms with Crippen molar-refractivity contribution in [2.45, 2.75) is 12.8 Å². The van der Waals surface area contributed by atoms with Gasteiger partial charge in [0, 0.05) is 32.7 Å². The van der Waals surface area contributed by atoms with Crippen LogP contribution >= 0.6 is 11.3 Å². The number of carbonyl (C=O) groups is 1. The standard InChI is InChI=1S/C19H22N4O2S/c24-19(21-8-4-7-14-5-2-1-3-6-14)25-17-11-22-18(26-17)23-12-15-9-20-10-16(15)13-23/h1-3,5-6,11,20H,4,7-10,12-13H2,(H,21,24). The van der Waals surface area contributed by atoms with Crippen LogP contribution in [0.15, 0.2) is 47.7 Å². The van der Waals surface area contributed by atoms with Crippen molar-refractivity contribution in [1.29, 1.82) is 0 Å². The zero-order chi connectivity index (χ0) is 17.8. The second-order valence-corrected chi connectivity index (χ2v) is 7.51. The monoisotopic (exact) mass is 370 g/mol. The van der Waals surface area contributed by atoms with Crippen molar-refractivity contribution in [1.82, 2.24) is 15.6 Å². The van der Waals surface area contributed by atoms with Crippen LogP contribution in [0, 0.1) is 0 Å². The summed E-state index contributed by atoms with van der Waals surface area (Å²) in [5, 5.41) is 7.61. The molecule has 136 valence electrons. The summed E-state index contributed by atoms with van der Waals surface area (Å²) < 4.78 is 5.35. The van der Waals surface area contributed by atoms with Gasteiger partial charge in [-0.05, 0) is 29.6 Å². The van der Waals surface area contributed by atoms with E-state index in [1.54, 1.807) is 6.20 Å². The first-order valence-corrected chi connectivity index (χ1v) is 9.70. The third-order valence-electron chi connectivity index (χ3n) is 4.63. The van der Waals surface area contributed by atoms with E-state index in [9.17, 15) is 4.79 Å². The largest absolute Gasteiger partial charge is 0.413 e. The van der Waals surface area contributed by atoms with Crippen molar-refractivity contribution in [3.05, 3.63) is 53.2 Å². The normalized spacial score (nSPS) is 16.1. The minimum absolute atomic E-state index is 0.417. The molecule has 2 aromatic rings. The third kappa shape index (κ3) is 4.05. The summed E-state index contributed by atoms with van der Waals surface area (Å²) in [6, 6.07) is 10.2. The number of carbonyl (C=O) groups excluding carboxylic acids is 1. The molecule has 3 heterocycles. The fourth-order valence-electron chi connectivity index (χ4n) is 3.30. The Hall–Kier alpha value is -2.38. The van der Waals surface area contributed by atoms with Gasteiger partial charge in [0.25, 0.3) is 0 Å². The Labute approximate surface area is 156 Å². The molecule has 0 radical (unpaired) electrons. The van der Waals surface area contributed by atoms with Crippen LogP contribution in [0.2, 0.25) is 0 Å². The lowest BCUT2D eigenvalue weighted by Gasteiger charge is -2.16. The number of rotatable bonds is 6. The van der Waals surface area contributed by atoms with Crippen LogP contribution in [-0.4, -0.2) is 43.8 Å². The smallest absolute Gasteiger partial charge is 0.397 e. The average Bonchev–Trinajstić information content (AvgIpc) is 3.35. The highest BCUT2D eigenvalue weighted by molar-refractivity contribution is 7.17. The third-order valence-corrected chi connectivity index (χ3v) is 5.57. The number of anilines is 1. The highest BCUT2D eigenvalue weighted by atomic mass is 32.1. The van der Waals surface area contributed by atoms with Gasteiger partial charge in [-0.25, -0.2) is 9.78 Å². The first-order valence-electron chi connectivity index (χ1n) is 8.89. The lowest BCUT2D eigenvalue weighted by molar-refractivity contribution is 0.201. The predicted octanol–water partition coefficient (Wildman–Crippen LogP) is 2.58. The van der Waals surface area contributed by atoms with Gasteiger partial charge in [0.1, 0.15) is 0 Å². The Bertz CT molecular complexity index is 787. The van der Waals surface area contributed by atoms with Crippen molar-refractivity contribution in [3.63, 3.8) is 0 Å². The number of aryl methyl sites for hydroxylation is 1. The van der Waals surface area contributed by atoms with Crippen LogP contribution in [0.25, 0.3) is 0 Å². The molecule has 4 rings (SSSR count). The van der Waals surface area contributed by atoms with E-state index >= 15 is 0 Å². The zero-order valence-electron chi connectivity index (χ0n) is 14.5. The molecule has 0 aliphatic carbocycles. The predicted molar refractivity (Wildman–Crippen MR) is 103 cm³/mol. The molecule has 0 atom stereocenters. The lowest BCUT2D eigenvalue weighted by Crippen LogP contribution is -2.27. The lowest BCUT2D eigenvalue weighted by atomic mass is 10.1. The second kappa shape index (κ2) is 7.88. The summed E-state index contributed by atoms with van der Waals surface area (Å²) in [5.41, 5.74) is 4.22. The number of hydrogen-bond donors (Lipinski definition) is 2. The van der Waals surface area contributed by atoms with Gasteiger partial charge < -0.3 is 20.3 Å². The Kier molecular flexibility index (Phi) is 5.17. The molecule has 2 aliphatic rings. The molecule has 0 bridgehead atoms. The Morgan fingerprint density at radius 1 is 1.23 bits per heavy atom. The summed E-state index contributed by atoms with van der Waals surface area (Å²) in [4.78, 5) is 18.6. The van der Waals surface area contributed by atoms with Gasteiger partial charge in [0.15, 0.2) is 5.13 Å². The molecule has 0 unspecified atom stereocenters. The number of nitrogens with zero attached hydrogens (tertiary/aromatic N) is 2. The molecule has 0 saturated heterocycles. The van der Waals surface area contributed by atoms with Gasteiger partial charge in [-0.3, -0.25) is 0 Å². The van der Waals surface area contributed by atoms with Crippen molar-refractivity contribution in [2.24, 2.45) is 0 Å². The Morgan fingerprint density at radius 2 is 2.00 bits per heavy atom. The van der Waals surface area contributed by atoms with Gasteiger partial charge >= 0.3 is 6.09 Å². The fraction of sp³-hybridized carbons (Fsp3) is 0.368. The number of benzene rings is 1. The van der Waals surface area contributed by atoms with Crippen LogP contribution in [0.5, 0.6) is 5.06 Å². The SMILES string of the molecule is O=C(NCCCc1ccccc1)Oc1cnc(N2CC3=C(CNC3)C2)s1. The van der Waals surface area contributed by atoms with Crippen LogP contribution in [0.4, 0.5) is 9.93 Å². The number of thiazole rings is 1. The topological polar surface area (TPSA) is 66.5 Å². The van der Waals surface area contributed by atoms with E-state index in [-0.39, 0.29) is 0 Å². The molecule has 0 fully saturated rings. The van der Waals surface area contributed by atoms with Gasteiger partial charge in [-0.15, -0.1) is 0 Å². The molecule has 6 nitrogen and oxygen atoms in total. The maximum Gasteiger partial charge on any atom is 0.413 e. The van der Waals surface area contributed by atoms with Crippen molar-refractivity contribution in [3.8, 4) is 5.06 Å². The van der Waals surface area contributed by atoms with Crippen LogP contribution in [0.3, 0.4) is 0 Å². The molecule has 1 amide bonds. The van der Waals surface area contributed by atoms with Gasteiger partial charge in [-0.2, -0.15) is 0 Å². The summed E-state index contributed by atoms with van der Waals surface area (Å²) >= 11 is 1.42. The quantitative estimate of drug-likeness (QED) is 0.604. The van der Waals surface area contributed by atoms with E-state index < -0.39 is 6.09 Å². The van der Waals surface area contributed by atoms with E-state index in [4.69, 9.17) is 4.74 Å². The van der Waals surface area contributed by atoms with Crippen LogP contribution in [0.1, 0.15) is 12.0 Å². The highest BCUT2D eigenvalue weighted by Crippen LogP contribution is 2.33. The fourth-order valence-corrected chi connectivity index (χ4v) is 4.07. The number of amides is 1. The van der Waals surface area contributed by atoms with E-state index in [2.05, 4.69) is 32.7 Å². The average molecular weight is 370 g/mol. The van der Waals surface area contributed by atoms with E-state index in [1.807, 2.05) is 18.2 Å². The van der Waals surface area contributed by atoms with E-state index in [0.717, 1.165) is 44.2 Å². The summed E-state index contributed by atoms with van der Waals surface area (Å²) in [7, 11) is 0. The van der Waals surface area contributed by atoms with E-state index in [0.29, 0.717) is 11.6 Å². The number of ether oxygens (including phenoxy) is 1. The van der Waals surface area contributed by atoms with Crippen molar-refractivity contribution >= 4 is 22.6 Å². The minimum atomic E-state index is -0.417.